The molecule has 0 saturated heterocycles. The molecule has 0 aliphatic rings. The maximum Gasteiger partial charge on any atom is 5.00 e. The van der Waals surface area contributed by atoms with Crippen LogP contribution in [-0.2, 0) is 103 Å². The Hall–Kier alpha value is 1.36. The van der Waals surface area contributed by atoms with Gasteiger partial charge in [-0.15, -0.1) is 0 Å². The van der Waals surface area contributed by atoms with Crippen molar-refractivity contribution >= 4 is 269 Å². The molecule has 39 nitrogen and oxygen atoms in total. The van der Waals surface area contributed by atoms with Gasteiger partial charge in [0.25, 0.3) is 0 Å². The zero-order valence-corrected chi connectivity index (χ0v) is 58.0. The summed E-state index contributed by atoms with van der Waals surface area (Å²) in [6, 6.07) is 0. The molecular formula is Al2Ca2Ga2O39Si13Ta2. The maximum atomic E-state index is 8.52. The van der Waals surface area contributed by atoms with Gasteiger partial charge in [-0.05, 0) is 0 Å². The second-order valence-corrected chi connectivity index (χ2v) is 9.75. The first-order valence-corrected chi connectivity index (χ1v) is 23.9. The van der Waals surface area contributed by atoms with Crippen LogP contribution in [0.25, 0.3) is 0 Å². The summed E-state index contributed by atoms with van der Waals surface area (Å²) < 4.78 is 111. The largest absolute Gasteiger partial charge is 5.00 e. The molecule has 0 amide bonds. The molecular weight excluding hydrogens is 1620 g/mol. The van der Waals surface area contributed by atoms with Gasteiger partial charge < -0.3 is 183 Å². The third-order valence-corrected chi connectivity index (χ3v) is 0. The van der Waals surface area contributed by atoms with Crippen molar-refractivity contribution in [3.63, 3.8) is 0 Å². The van der Waals surface area contributed by atoms with E-state index in [0.29, 0.717) is 0 Å². The Morgan fingerprint density at radius 2 is 0.167 bits per heavy atom. The van der Waals surface area contributed by atoms with E-state index in [2.05, 4.69) is 0 Å². The van der Waals surface area contributed by atoms with Crippen molar-refractivity contribution < 1.29 is 227 Å². The molecule has 60 heavy (non-hydrogen) atoms. The molecule has 0 unspecified atom stereocenters. The van der Waals surface area contributed by atoms with Gasteiger partial charge >= 0.3 is 195 Å². The predicted molar refractivity (Wildman–Crippen MR) is 118 cm³/mol. The van der Waals surface area contributed by atoms with E-state index in [1.54, 1.807) is 0 Å². The van der Waals surface area contributed by atoms with Crippen molar-refractivity contribution in [2.45, 2.75) is 0 Å². The predicted octanol–water partition coefficient (Wildman–Crippen LogP) is -39.7. The molecule has 0 atom stereocenters. The molecule has 0 N–H and O–H groups in total. The van der Waals surface area contributed by atoms with Crippen molar-refractivity contribution in [1.82, 2.24) is 0 Å². The number of rotatable bonds is 0. The third-order valence-electron chi connectivity index (χ3n) is 0. The summed E-state index contributed by atoms with van der Waals surface area (Å²) in [6.07, 6.45) is 0. The Bertz CT molecular complexity index is 680. The van der Waals surface area contributed by atoms with Crippen LogP contribution < -0.4 is 125 Å². The van der Waals surface area contributed by atoms with Crippen molar-refractivity contribution in [3.8, 4) is 0 Å². The minimum atomic E-state index is -3.63. The molecule has 0 spiro atoms. The summed E-state index contributed by atoms with van der Waals surface area (Å²) in [6.45, 7) is 0. The molecule has 0 heterocycles. The Balaban J connectivity index is -0.0000000143. The van der Waals surface area contributed by atoms with Crippen molar-refractivity contribution in [2.75, 3.05) is 0 Å². The van der Waals surface area contributed by atoms with Gasteiger partial charge in [0.2, 0.25) is 0 Å². The molecule has 0 radical (unpaired) electrons. The summed E-state index contributed by atoms with van der Waals surface area (Å²) in [5, 5.41) is 0. The molecule has 312 valence electrons. The fourth-order valence-corrected chi connectivity index (χ4v) is 0. The van der Waals surface area contributed by atoms with Crippen LogP contribution in [0.5, 0.6) is 0 Å². The van der Waals surface area contributed by atoms with Crippen LogP contribution in [0.2, 0.25) is 0 Å². The average molecular weight is 1620 g/mol. The smallest absolute Gasteiger partial charge is 0.672 e. The molecule has 0 aliphatic carbocycles. The maximum absolute atomic E-state index is 8.52. The topological polar surface area (TPSA) is 821 Å². The van der Waals surface area contributed by atoms with E-state index in [1.165, 1.54) is 0 Å². The van der Waals surface area contributed by atoms with E-state index in [0.717, 1.165) is 0 Å². The average Bonchev–Trinajstić information content (AvgIpc) is 2.67. The number of hydrogen-bond acceptors (Lipinski definition) is 39. The Kier molecular flexibility index (Phi) is 299. The van der Waals surface area contributed by atoms with E-state index in [9.17, 15) is 0 Å². The van der Waals surface area contributed by atoms with E-state index in [4.69, 9.17) is 183 Å². The first-order chi connectivity index (χ1) is 22.5. The summed E-state index contributed by atoms with van der Waals surface area (Å²) in [7, 11) is -47.2. The Labute approximate surface area is 489 Å². The van der Waals surface area contributed by atoms with Crippen molar-refractivity contribution in [2.24, 2.45) is 0 Å². The summed E-state index contributed by atoms with van der Waals surface area (Å²) in [5.41, 5.74) is 0. The standard InChI is InChI=1S/2Al.2Ca.2Ga.13O3Si.2Ta/c;;;;;;13*1-4(2)3;;/q2*+3;2*+2;2*+3;13*-2;2*+5. The van der Waals surface area contributed by atoms with Crippen molar-refractivity contribution in [1.29, 1.82) is 0 Å². The molecule has 0 bridgehead atoms. The van der Waals surface area contributed by atoms with Gasteiger partial charge in [0.1, 0.15) is 0 Å². The molecule has 60 heteroatoms. The van der Waals surface area contributed by atoms with Crippen LogP contribution in [0.3, 0.4) is 0 Å². The van der Waals surface area contributed by atoms with Gasteiger partial charge in [-0.1, -0.05) is 0 Å². The zero-order chi connectivity index (χ0) is 46.5. The second-order valence-electron chi connectivity index (χ2n) is 3.25. The first-order valence-electron chi connectivity index (χ1n) is 7.96. The monoisotopic (exact) mass is 1620 g/mol. The van der Waals surface area contributed by atoms with Crippen LogP contribution >= 0.6 is 0 Å². The third kappa shape index (κ3) is 110000. The van der Waals surface area contributed by atoms with Gasteiger partial charge in [-0.3, -0.25) is 0 Å². The summed E-state index contributed by atoms with van der Waals surface area (Å²) in [5.74, 6) is 0. The molecule has 0 aliphatic heterocycles. The van der Waals surface area contributed by atoms with E-state index < -0.39 is 119 Å². The molecule has 0 aromatic carbocycles. The van der Waals surface area contributed by atoms with E-state index in [1.807, 2.05) is 0 Å². The summed E-state index contributed by atoms with van der Waals surface area (Å²) >= 11 is 0. The van der Waals surface area contributed by atoms with Crippen LogP contribution in [0.15, 0.2) is 0 Å². The SMILES string of the molecule is O=[Si]([O-])[O-].O=[Si]([O-])[O-].O=[Si]([O-])[O-].O=[Si]([O-])[O-].O=[Si]([O-])[O-].O=[Si]([O-])[O-].O=[Si]([O-])[O-].O=[Si]([O-])[O-].O=[Si]([O-])[O-].O=[Si]([O-])[O-].O=[Si]([O-])[O-].O=[Si]([O-])[O-].O=[Si]([O-])[O-].[Al+3].[Al+3].[Ca+2].[Ca+2].[Ga+3].[Ga+3].[Ta+5].[Ta+5]. The second kappa shape index (κ2) is 131. The fourth-order valence-electron chi connectivity index (χ4n) is 0. The van der Waals surface area contributed by atoms with Gasteiger partial charge in [-0.25, -0.2) is 0 Å². The Morgan fingerprint density at radius 3 is 0.167 bits per heavy atom. The minimum Gasteiger partial charge on any atom is -0.672 e. The van der Waals surface area contributed by atoms with Gasteiger partial charge in [0, 0.05) is 119 Å². The van der Waals surface area contributed by atoms with Crippen LogP contribution in [0.4, 0.5) is 0 Å². The molecule has 0 saturated carbocycles. The molecule has 0 aromatic heterocycles. The van der Waals surface area contributed by atoms with Gasteiger partial charge in [0.05, 0.1) is 0 Å². The van der Waals surface area contributed by atoms with Crippen LogP contribution in [0.1, 0.15) is 0 Å². The van der Waals surface area contributed by atoms with Gasteiger partial charge in [0.15, 0.2) is 0 Å². The molecule has 0 rings (SSSR count). The summed E-state index contributed by atoms with van der Waals surface area (Å²) in [4.78, 5) is 221. The molecule has 0 aromatic rings. The fraction of sp³-hybridized carbons (Fsp3) is 0. The van der Waals surface area contributed by atoms with Crippen molar-refractivity contribution in [3.05, 3.63) is 0 Å². The quantitative estimate of drug-likeness (QED) is 0.203. The van der Waals surface area contributed by atoms with E-state index in [-0.39, 0.29) is 195 Å². The van der Waals surface area contributed by atoms with Crippen LogP contribution in [-0.4, -0.2) is 269 Å². The minimum absolute atomic E-state index is 0. The normalized spacial score (nSPS) is 5.20. The van der Waals surface area contributed by atoms with E-state index >= 15 is 0 Å². The Morgan fingerprint density at radius 1 is 0.167 bits per heavy atom. The number of hydrogen-bond donors (Lipinski definition) is 0. The first kappa shape index (κ1) is 137. The zero-order valence-electron chi connectivity index (χ0n) is 27.0. The molecule has 0 fully saturated rings. The van der Waals surface area contributed by atoms with Gasteiger partial charge in [-0.2, -0.15) is 0 Å². The van der Waals surface area contributed by atoms with Crippen LogP contribution in [0, 0.1) is 0 Å².